The number of carbonyl (C=O) groups is 1. The van der Waals surface area contributed by atoms with E-state index >= 15 is 0 Å². The summed E-state index contributed by atoms with van der Waals surface area (Å²) in [6.45, 7) is 5.54. The molecule has 1 N–H and O–H groups in total. The number of hydrogen-bond donors (Lipinski definition) is 1. The van der Waals surface area contributed by atoms with Crippen LogP contribution in [0.15, 0.2) is 22.8 Å². The van der Waals surface area contributed by atoms with Crippen molar-refractivity contribution in [1.29, 1.82) is 0 Å². The minimum Gasteiger partial charge on any atom is -0.467 e. The maximum Gasteiger partial charge on any atom is 0.319 e. The Balaban J connectivity index is 2.01. The zero-order chi connectivity index (χ0) is 18.1. The van der Waals surface area contributed by atoms with E-state index in [4.69, 9.17) is 15.6 Å². The quantitative estimate of drug-likeness (QED) is 0.725. The van der Waals surface area contributed by atoms with Crippen LogP contribution in [0.5, 0.6) is 0 Å². The van der Waals surface area contributed by atoms with Gasteiger partial charge in [-0.05, 0) is 30.9 Å². The third-order valence-corrected chi connectivity index (χ3v) is 4.46. The first-order chi connectivity index (χ1) is 12.1. The van der Waals surface area contributed by atoms with Crippen LogP contribution in [0.2, 0.25) is 0 Å². The molecule has 0 radical (unpaired) electrons. The normalized spacial score (nSPS) is 16.4. The molecule has 0 aliphatic heterocycles. The smallest absolute Gasteiger partial charge is 0.319 e. The van der Waals surface area contributed by atoms with Crippen molar-refractivity contribution in [3.05, 3.63) is 24.2 Å². The van der Waals surface area contributed by atoms with Crippen molar-refractivity contribution in [1.82, 2.24) is 10.2 Å². The summed E-state index contributed by atoms with van der Waals surface area (Å²) in [5.74, 6) is 3.76. The molecule has 0 bridgehead atoms. The summed E-state index contributed by atoms with van der Waals surface area (Å²) in [6.07, 6.45) is 12.7. The maximum atomic E-state index is 12.9. The molecule has 1 aromatic heterocycles. The van der Waals surface area contributed by atoms with E-state index in [1.54, 1.807) is 11.2 Å². The summed E-state index contributed by atoms with van der Waals surface area (Å²) in [5, 5.41) is 3.05. The second-order valence-electron chi connectivity index (χ2n) is 7.07. The second-order valence-corrected chi connectivity index (χ2v) is 7.07. The van der Waals surface area contributed by atoms with E-state index in [2.05, 4.69) is 25.1 Å². The number of carbonyl (C=O) groups excluding carboxylic acids is 1. The van der Waals surface area contributed by atoms with E-state index in [0.717, 1.165) is 25.7 Å². The van der Waals surface area contributed by atoms with Crippen molar-refractivity contribution in [3.8, 4) is 12.3 Å². The van der Waals surface area contributed by atoms with E-state index in [1.165, 1.54) is 6.42 Å². The van der Waals surface area contributed by atoms with Crippen molar-refractivity contribution in [2.75, 3.05) is 19.8 Å². The van der Waals surface area contributed by atoms with Gasteiger partial charge in [0.15, 0.2) is 0 Å². The molecular formula is C20H30N2O3. The molecule has 1 aromatic rings. The SMILES string of the molecule is C#CCN(C(=O)N[C@H](COCC(C)C)c1ccco1)C1CCCCC1. The zero-order valence-corrected chi connectivity index (χ0v) is 15.4. The Labute approximate surface area is 151 Å². The summed E-state index contributed by atoms with van der Waals surface area (Å²) in [5.41, 5.74) is 0. The number of nitrogens with zero attached hydrogens (tertiary/aromatic N) is 1. The Morgan fingerprint density at radius 2 is 2.16 bits per heavy atom. The predicted molar refractivity (Wildman–Crippen MR) is 98.0 cm³/mol. The molecule has 5 nitrogen and oxygen atoms in total. The fraction of sp³-hybridized carbons (Fsp3) is 0.650. The molecule has 1 aliphatic carbocycles. The van der Waals surface area contributed by atoms with Crippen molar-refractivity contribution in [2.45, 2.75) is 58.0 Å². The Kier molecular flexibility index (Phi) is 7.87. The molecule has 0 aromatic carbocycles. The number of urea groups is 1. The molecule has 5 heteroatoms. The molecule has 2 rings (SSSR count). The monoisotopic (exact) mass is 346 g/mol. The molecule has 1 saturated carbocycles. The number of terminal acetylenes is 1. The third kappa shape index (κ3) is 6.13. The van der Waals surface area contributed by atoms with E-state index < -0.39 is 0 Å². The lowest BCUT2D eigenvalue weighted by Crippen LogP contribution is -2.48. The largest absolute Gasteiger partial charge is 0.467 e. The second kappa shape index (κ2) is 10.1. The van der Waals surface area contributed by atoms with Gasteiger partial charge < -0.3 is 19.4 Å². The minimum atomic E-state index is -0.315. The molecule has 138 valence electrons. The zero-order valence-electron chi connectivity index (χ0n) is 15.4. The molecule has 0 unspecified atom stereocenters. The van der Waals surface area contributed by atoms with Gasteiger partial charge in [0, 0.05) is 12.6 Å². The highest BCUT2D eigenvalue weighted by Crippen LogP contribution is 2.23. The number of rotatable bonds is 8. The van der Waals surface area contributed by atoms with Crippen LogP contribution in [0.4, 0.5) is 4.79 Å². The van der Waals surface area contributed by atoms with Crippen molar-refractivity contribution in [3.63, 3.8) is 0 Å². The maximum absolute atomic E-state index is 12.9. The average Bonchev–Trinajstić information content (AvgIpc) is 3.13. The van der Waals surface area contributed by atoms with E-state index in [1.807, 2.05) is 12.1 Å². The molecule has 1 aliphatic rings. The van der Waals surface area contributed by atoms with Crippen LogP contribution in [-0.4, -0.2) is 36.7 Å². The minimum absolute atomic E-state index is 0.139. The first kappa shape index (κ1) is 19.4. The van der Waals surface area contributed by atoms with Crippen LogP contribution in [0, 0.1) is 18.3 Å². The van der Waals surface area contributed by atoms with Crippen LogP contribution >= 0.6 is 0 Å². The van der Waals surface area contributed by atoms with Gasteiger partial charge in [-0.2, -0.15) is 0 Å². The molecule has 2 amide bonds. The van der Waals surface area contributed by atoms with Crippen LogP contribution in [-0.2, 0) is 4.74 Å². The Hall–Kier alpha value is -1.93. The third-order valence-electron chi connectivity index (χ3n) is 4.46. The number of furan rings is 1. The van der Waals surface area contributed by atoms with Crippen LogP contribution in [0.25, 0.3) is 0 Å². The summed E-state index contributed by atoms with van der Waals surface area (Å²) in [7, 11) is 0. The molecule has 1 fully saturated rings. The van der Waals surface area contributed by atoms with Crippen LogP contribution in [0.1, 0.15) is 57.8 Å². The van der Waals surface area contributed by atoms with Gasteiger partial charge in [0.1, 0.15) is 11.8 Å². The Bertz CT molecular complexity index is 542. The van der Waals surface area contributed by atoms with Gasteiger partial charge in [-0.1, -0.05) is 39.0 Å². The van der Waals surface area contributed by atoms with Gasteiger partial charge in [-0.3, -0.25) is 0 Å². The van der Waals surface area contributed by atoms with Gasteiger partial charge >= 0.3 is 6.03 Å². The van der Waals surface area contributed by atoms with E-state index in [9.17, 15) is 4.79 Å². The van der Waals surface area contributed by atoms with E-state index in [0.29, 0.717) is 31.4 Å². The lowest BCUT2D eigenvalue weighted by Gasteiger charge is -2.34. The summed E-state index contributed by atoms with van der Waals surface area (Å²) in [4.78, 5) is 14.6. The summed E-state index contributed by atoms with van der Waals surface area (Å²) in [6, 6.07) is 3.44. The predicted octanol–water partition coefficient (Wildman–Crippen LogP) is 3.97. The number of hydrogen-bond acceptors (Lipinski definition) is 3. The van der Waals surface area contributed by atoms with Gasteiger partial charge in [0.05, 0.1) is 19.4 Å². The van der Waals surface area contributed by atoms with Gasteiger partial charge in [-0.25, -0.2) is 4.79 Å². The molecule has 0 spiro atoms. The number of ether oxygens (including phenoxy) is 1. The average molecular weight is 346 g/mol. The fourth-order valence-corrected chi connectivity index (χ4v) is 3.20. The lowest BCUT2D eigenvalue weighted by atomic mass is 9.94. The first-order valence-corrected chi connectivity index (χ1v) is 9.23. The standard InChI is InChI=1S/C20H30N2O3/c1-4-12-22(17-9-6-5-7-10-17)20(23)21-18(15-24-14-16(2)3)19-11-8-13-25-19/h1,8,11,13,16-18H,5-7,9-10,12,14-15H2,2-3H3,(H,21,23)/t18-/m1/s1. The van der Waals surface area contributed by atoms with Crippen molar-refractivity contribution in [2.24, 2.45) is 5.92 Å². The summed E-state index contributed by atoms with van der Waals surface area (Å²) < 4.78 is 11.2. The number of amides is 2. The fourth-order valence-electron chi connectivity index (χ4n) is 3.20. The molecule has 1 heterocycles. The van der Waals surface area contributed by atoms with Crippen molar-refractivity contribution >= 4 is 6.03 Å². The number of nitrogens with one attached hydrogen (secondary N) is 1. The Morgan fingerprint density at radius 3 is 2.76 bits per heavy atom. The van der Waals surface area contributed by atoms with Gasteiger partial charge in [0.25, 0.3) is 0 Å². The molecule has 25 heavy (non-hydrogen) atoms. The highest BCUT2D eigenvalue weighted by atomic mass is 16.5. The molecule has 1 atom stereocenters. The lowest BCUT2D eigenvalue weighted by molar-refractivity contribution is 0.0828. The first-order valence-electron chi connectivity index (χ1n) is 9.23. The topological polar surface area (TPSA) is 54.7 Å². The highest BCUT2D eigenvalue weighted by Gasteiger charge is 2.27. The summed E-state index contributed by atoms with van der Waals surface area (Å²) >= 11 is 0. The van der Waals surface area contributed by atoms with Crippen LogP contribution in [0.3, 0.4) is 0 Å². The van der Waals surface area contributed by atoms with Gasteiger partial charge in [0.2, 0.25) is 0 Å². The Morgan fingerprint density at radius 1 is 1.40 bits per heavy atom. The van der Waals surface area contributed by atoms with Gasteiger partial charge in [-0.15, -0.1) is 6.42 Å². The highest BCUT2D eigenvalue weighted by molar-refractivity contribution is 5.75. The molecular weight excluding hydrogens is 316 g/mol. The van der Waals surface area contributed by atoms with Crippen molar-refractivity contribution < 1.29 is 13.9 Å². The van der Waals surface area contributed by atoms with Crippen LogP contribution < -0.4 is 5.32 Å². The van der Waals surface area contributed by atoms with E-state index in [-0.39, 0.29) is 18.1 Å². The molecule has 0 saturated heterocycles.